The van der Waals surface area contributed by atoms with Crippen LogP contribution in [0.1, 0.15) is 24.8 Å². The molecule has 2 rings (SSSR count). The predicted molar refractivity (Wildman–Crippen MR) is 67.2 cm³/mol. The summed E-state index contributed by atoms with van der Waals surface area (Å²) in [7, 11) is 0. The van der Waals surface area contributed by atoms with Crippen LogP contribution in [0.3, 0.4) is 0 Å². The molecular formula is C12H15FN4O. The van der Waals surface area contributed by atoms with E-state index in [1.807, 2.05) is 0 Å². The summed E-state index contributed by atoms with van der Waals surface area (Å²) in [6, 6.07) is 3.60. The molecule has 1 aromatic rings. The molecule has 0 unspecified atom stereocenters. The molecule has 6 heteroatoms. The molecule has 1 aliphatic carbocycles. The van der Waals surface area contributed by atoms with Crippen molar-refractivity contribution in [1.82, 2.24) is 5.32 Å². The highest BCUT2D eigenvalue weighted by atomic mass is 19.1. The van der Waals surface area contributed by atoms with Crippen LogP contribution in [0.15, 0.2) is 18.2 Å². The van der Waals surface area contributed by atoms with Crippen molar-refractivity contribution in [1.29, 1.82) is 5.41 Å². The highest BCUT2D eigenvalue weighted by molar-refractivity contribution is 6.03. The summed E-state index contributed by atoms with van der Waals surface area (Å²) in [5, 5.41) is 12.7. The van der Waals surface area contributed by atoms with Crippen molar-refractivity contribution in [2.24, 2.45) is 5.73 Å². The highest BCUT2D eigenvalue weighted by Gasteiger charge is 2.19. The van der Waals surface area contributed by atoms with Crippen LogP contribution in [0.4, 0.5) is 14.9 Å². The first-order valence-corrected chi connectivity index (χ1v) is 5.77. The molecule has 0 aromatic heterocycles. The van der Waals surface area contributed by atoms with Crippen LogP contribution < -0.4 is 16.4 Å². The number of carbonyl (C=O) groups excluding carboxylic acids is 1. The van der Waals surface area contributed by atoms with E-state index in [2.05, 4.69) is 10.6 Å². The topological polar surface area (TPSA) is 91.0 Å². The molecule has 18 heavy (non-hydrogen) atoms. The lowest BCUT2D eigenvalue weighted by Crippen LogP contribution is -2.42. The van der Waals surface area contributed by atoms with Gasteiger partial charge >= 0.3 is 6.03 Å². The Morgan fingerprint density at radius 1 is 1.44 bits per heavy atom. The normalized spacial score (nSPS) is 14.7. The Morgan fingerprint density at radius 3 is 2.72 bits per heavy atom. The minimum absolute atomic E-state index is 0.179. The number of amidine groups is 1. The molecule has 0 aliphatic heterocycles. The van der Waals surface area contributed by atoms with Crippen molar-refractivity contribution in [2.75, 3.05) is 5.32 Å². The molecule has 1 fully saturated rings. The second kappa shape index (κ2) is 5.03. The van der Waals surface area contributed by atoms with Gasteiger partial charge in [0.25, 0.3) is 0 Å². The van der Waals surface area contributed by atoms with Gasteiger partial charge in [0.15, 0.2) is 0 Å². The molecule has 1 aliphatic rings. The summed E-state index contributed by atoms with van der Waals surface area (Å²) in [5.74, 6) is -0.779. The summed E-state index contributed by atoms with van der Waals surface area (Å²) >= 11 is 0. The monoisotopic (exact) mass is 250 g/mol. The highest BCUT2D eigenvalue weighted by Crippen LogP contribution is 2.19. The first-order chi connectivity index (χ1) is 8.56. The van der Waals surface area contributed by atoms with E-state index in [1.54, 1.807) is 0 Å². The zero-order valence-electron chi connectivity index (χ0n) is 9.79. The Hall–Kier alpha value is -2.11. The quantitative estimate of drug-likeness (QED) is 0.486. The lowest BCUT2D eigenvalue weighted by atomic mass is 9.93. The minimum atomic E-state index is -0.495. The number of amides is 2. The predicted octanol–water partition coefficient (Wildman–Crippen LogP) is 1.78. The maximum atomic E-state index is 13.0. The molecule has 0 heterocycles. The van der Waals surface area contributed by atoms with Crippen LogP contribution in [-0.2, 0) is 0 Å². The number of hydrogen-bond acceptors (Lipinski definition) is 2. The molecule has 5 N–H and O–H groups in total. The van der Waals surface area contributed by atoms with Gasteiger partial charge in [-0.2, -0.15) is 0 Å². The van der Waals surface area contributed by atoms with Gasteiger partial charge in [0.2, 0.25) is 0 Å². The van der Waals surface area contributed by atoms with Crippen molar-refractivity contribution in [2.45, 2.75) is 25.3 Å². The molecule has 1 aromatic carbocycles. The second-order valence-corrected chi connectivity index (χ2v) is 4.33. The molecule has 96 valence electrons. The summed E-state index contributed by atoms with van der Waals surface area (Å²) in [4.78, 5) is 11.6. The van der Waals surface area contributed by atoms with Gasteiger partial charge in [-0.3, -0.25) is 5.41 Å². The Bertz CT molecular complexity index is 485. The summed E-state index contributed by atoms with van der Waals surface area (Å²) in [5.41, 5.74) is 5.86. The van der Waals surface area contributed by atoms with Crippen LogP contribution in [0.2, 0.25) is 0 Å². The Labute approximate surface area is 104 Å². The van der Waals surface area contributed by atoms with Crippen LogP contribution in [0, 0.1) is 11.2 Å². The average molecular weight is 250 g/mol. The van der Waals surface area contributed by atoms with E-state index in [1.165, 1.54) is 12.1 Å². The van der Waals surface area contributed by atoms with Gasteiger partial charge in [-0.15, -0.1) is 0 Å². The number of nitrogen functional groups attached to an aromatic ring is 1. The zero-order valence-corrected chi connectivity index (χ0v) is 9.79. The summed E-state index contributed by atoms with van der Waals surface area (Å²) < 4.78 is 13.0. The number of nitrogens with one attached hydrogen (secondary N) is 3. The SMILES string of the molecule is N=C(N)c1cc(F)ccc1NC(=O)NC1CCC1. The maximum Gasteiger partial charge on any atom is 0.319 e. The molecule has 0 bridgehead atoms. The van der Waals surface area contributed by atoms with Gasteiger partial charge in [-0.25, -0.2) is 9.18 Å². The largest absolute Gasteiger partial charge is 0.384 e. The maximum absolute atomic E-state index is 13.0. The van der Waals surface area contributed by atoms with E-state index in [9.17, 15) is 9.18 Å². The fourth-order valence-electron chi connectivity index (χ4n) is 1.74. The third-order valence-corrected chi connectivity index (χ3v) is 2.96. The van der Waals surface area contributed by atoms with Gasteiger partial charge in [0.1, 0.15) is 11.7 Å². The van der Waals surface area contributed by atoms with Gasteiger partial charge in [-0.1, -0.05) is 0 Å². The Kier molecular flexibility index (Phi) is 3.45. The van der Waals surface area contributed by atoms with Gasteiger partial charge in [0, 0.05) is 11.6 Å². The molecule has 0 spiro atoms. The fraction of sp³-hybridized carbons (Fsp3) is 0.333. The number of anilines is 1. The third kappa shape index (κ3) is 2.77. The van der Waals surface area contributed by atoms with Crippen molar-refractivity contribution >= 4 is 17.6 Å². The second-order valence-electron chi connectivity index (χ2n) is 4.33. The van der Waals surface area contributed by atoms with E-state index in [0.717, 1.165) is 25.3 Å². The van der Waals surface area contributed by atoms with Crippen molar-refractivity contribution in [3.05, 3.63) is 29.6 Å². The van der Waals surface area contributed by atoms with Crippen molar-refractivity contribution < 1.29 is 9.18 Å². The smallest absolute Gasteiger partial charge is 0.319 e. The van der Waals surface area contributed by atoms with E-state index in [-0.39, 0.29) is 23.5 Å². The molecule has 1 saturated carbocycles. The van der Waals surface area contributed by atoms with E-state index in [0.29, 0.717) is 5.69 Å². The minimum Gasteiger partial charge on any atom is -0.384 e. The molecule has 0 saturated heterocycles. The fourth-order valence-corrected chi connectivity index (χ4v) is 1.74. The van der Waals surface area contributed by atoms with E-state index < -0.39 is 5.82 Å². The molecule has 0 radical (unpaired) electrons. The van der Waals surface area contributed by atoms with Crippen LogP contribution >= 0.6 is 0 Å². The number of carbonyl (C=O) groups is 1. The third-order valence-electron chi connectivity index (χ3n) is 2.96. The lowest BCUT2D eigenvalue weighted by molar-refractivity contribution is 0.240. The van der Waals surface area contributed by atoms with Gasteiger partial charge in [-0.05, 0) is 37.5 Å². The summed E-state index contributed by atoms with van der Waals surface area (Å²) in [6.07, 6.45) is 3.09. The van der Waals surface area contributed by atoms with Crippen molar-refractivity contribution in [3.8, 4) is 0 Å². The zero-order chi connectivity index (χ0) is 13.1. The first kappa shape index (κ1) is 12.3. The first-order valence-electron chi connectivity index (χ1n) is 5.77. The number of rotatable bonds is 3. The Balaban J connectivity index is 2.07. The van der Waals surface area contributed by atoms with E-state index in [4.69, 9.17) is 11.1 Å². The molecule has 2 amide bonds. The number of nitrogens with two attached hydrogens (primary N) is 1. The number of benzene rings is 1. The lowest BCUT2D eigenvalue weighted by Gasteiger charge is -2.26. The Morgan fingerprint density at radius 2 is 2.17 bits per heavy atom. The molecular weight excluding hydrogens is 235 g/mol. The van der Waals surface area contributed by atoms with Gasteiger partial charge < -0.3 is 16.4 Å². The summed E-state index contributed by atoms with van der Waals surface area (Å²) in [6.45, 7) is 0. The van der Waals surface area contributed by atoms with Crippen LogP contribution in [0.25, 0.3) is 0 Å². The number of hydrogen-bond donors (Lipinski definition) is 4. The standard InChI is InChI=1S/C12H15FN4O/c13-7-4-5-10(9(6-7)11(14)15)17-12(18)16-8-2-1-3-8/h4-6,8H,1-3H2,(H3,14,15)(H2,16,17,18). The number of halogens is 1. The molecule has 5 nitrogen and oxygen atoms in total. The molecule has 0 atom stereocenters. The van der Waals surface area contributed by atoms with Gasteiger partial charge in [0.05, 0.1) is 5.69 Å². The van der Waals surface area contributed by atoms with Crippen LogP contribution in [0.5, 0.6) is 0 Å². The van der Waals surface area contributed by atoms with Crippen LogP contribution in [-0.4, -0.2) is 17.9 Å². The number of urea groups is 1. The van der Waals surface area contributed by atoms with E-state index >= 15 is 0 Å². The average Bonchev–Trinajstić information content (AvgIpc) is 2.26. The van der Waals surface area contributed by atoms with Crippen molar-refractivity contribution in [3.63, 3.8) is 0 Å².